The van der Waals surface area contributed by atoms with Gasteiger partial charge in [-0.25, -0.2) is 0 Å². The topological polar surface area (TPSA) is 59.3 Å². The maximum Gasteiger partial charge on any atom is 0.261 e. The van der Waals surface area contributed by atoms with Gasteiger partial charge in [0.2, 0.25) is 0 Å². The molecule has 0 saturated carbocycles. The van der Waals surface area contributed by atoms with Crippen LogP contribution in [0.5, 0.6) is 0 Å². The van der Waals surface area contributed by atoms with E-state index >= 15 is 0 Å². The molecule has 0 aliphatic rings. The number of aryl methyl sites for hydroxylation is 2. The molecular formula is C18H22N4OS2. The molecule has 0 spiro atoms. The molecule has 1 unspecified atom stereocenters. The summed E-state index contributed by atoms with van der Waals surface area (Å²) in [7, 11) is 0. The van der Waals surface area contributed by atoms with Crippen LogP contribution in [0.3, 0.4) is 0 Å². The highest BCUT2D eigenvalue weighted by atomic mass is 32.2. The number of thioether (sulfide) groups is 1. The summed E-state index contributed by atoms with van der Waals surface area (Å²) in [5.74, 6) is 1.68. The van der Waals surface area contributed by atoms with Gasteiger partial charge < -0.3 is 5.32 Å². The largest absolute Gasteiger partial charge is 0.341 e. The average Bonchev–Trinajstić information content (AvgIpc) is 3.22. The molecule has 0 aliphatic heterocycles. The Bertz CT molecular complexity index is 871. The first-order valence-electron chi connectivity index (χ1n) is 8.32. The number of nitrogens with zero attached hydrogens (tertiary/aromatic N) is 3. The van der Waals surface area contributed by atoms with Crippen LogP contribution < -0.4 is 5.32 Å². The molecule has 0 aromatic carbocycles. The van der Waals surface area contributed by atoms with Crippen LogP contribution in [-0.4, -0.2) is 32.5 Å². The zero-order chi connectivity index (χ0) is 17.8. The van der Waals surface area contributed by atoms with Crippen molar-refractivity contribution >= 4 is 34.7 Å². The second kappa shape index (κ2) is 8.01. The number of hydrogen-bond donors (Lipinski definition) is 1. The van der Waals surface area contributed by atoms with E-state index in [9.17, 15) is 4.79 Å². The van der Waals surface area contributed by atoms with Crippen LogP contribution in [0.15, 0.2) is 30.5 Å². The van der Waals surface area contributed by atoms with E-state index in [0.29, 0.717) is 0 Å². The van der Waals surface area contributed by atoms with Crippen molar-refractivity contribution < 1.29 is 4.79 Å². The number of pyridine rings is 1. The zero-order valence-electron chi connectivity index (χ0n) is 14.7. The highest BCUT2D eigenvalue weighted by Crippen LogP contribution is 2.24. The Labute approximate surface area is 155 Å². The number of aromatic nitrogens is 3. The molecule has 132 valence electrons. The molecule has 1 amide bonds. The molecule has 3 rings (SSSR count). The lowest BCUT2D eigenvalue weighted by molar-refractivity contribution is 0.0938. The molecule has 3 heterocycles. The predicted octanol–water partition coefficient (Wildman–Crippen LogP) is 3.89. The Hall–Kier alpha value is -1.86. The number of amides is 1. The van der Waals surface area contributed by atoms with Crippen molar-refractivity contribution in [1.82, 2.24) is 19.9 Å². The van der Waals surface area contributed by atoms with Gasteiger partial charge in [-0.1, -0.05) is 13.0 Å². The van der Waals surface area contributed by atoms with Gasteiger partial charge in [-0.05, 0) is 55.5 Å². The number of hydrogen-bond acceptors (Lipinski definition) is 5. The standard InChI is InChI=1S/C18H22N4OS2/c1-4-13-11-15(25-12(13)2)18(23)19-14(8-10-24-3)17-21-20-16-7-5-6-9-22(16)17/h5-7,9,11,14H,4,8,10H2,1-3H3,(H,19,23). The van der Waals surface area contributed by atoms with Crippen molar-refractivity contribution in [2.75, 3.05) is 12.0 Å². The summed E-state index contributed by atoms with van der Waals surface area (Å²) in [5, 5.41) is 11.7. The fraction of sp³-hybridized carbons (Fsp3) is 0.389. The number of carbonyl (C=O) groups is 1. The lowest BCUT2D eigenvalue weighted by Gasteiger charge is -2.16. The van der Waals surface area contributed by atoms with Crippen LogP contribution >= 0.6 is 23.1 Å². The van der Waals surface area contributed by atoms with Crippen LogP contribution in [0.25, 0.3) is 5.65 Å². The van der Waals surface area contributed by atoms with E-state index in [1.54, 1.807) is 23.1 Å². The predicted molar refractivity (Wildman–Crippen MR) is 105 cm³/mol. The fourth-order valence-electron chi connectivity index (χ4n) is 2.81. The molecule has 0 radical (unpaired) electrons. The summed E-state index contributed by atoms with van der Waals surface area (Å²) in [5.41, 5.74) is 2.03. The highest BCUT2D eigenvalue weighted by molar-refractivity contribution is 7.98. The van der Waals surface area contributed by atoms with Gasteiger partial charge >= 0.3 is 0 Å². The van der Waals surface area contributed by atoms with Crippen molar-refractivity contribution in [3.63, 3.8) is 0 Å². The molecule has 3 aromatic rings. The Morgan fingerprint density at radius 2 is 2.24 bits per heavy atom. The van der Waals surface area contributed by atoms with Gasteiger partial charge in [0, 0.05) is 11.1 Å². The molecule has 0 aliphatic carbocycles. The van der Waals surface area contributed by atoms with Gasteiger partial charge in [-0.2, -0.15) is 11.8 Å². The lowest BCUT2D eigenvalue weighted by atomic mass is 10.2. The third kappa shape index (κ3) is 3.88. The average molecular weight is 375 g/mol. The van der Waals surface area contributed by atoms with Gasteiger partial charge in [0.15, 0.2) is 11.5 Å². The van der Waals surface area contributed by atoms with E-state index in [-0.39, 0.29) is 11.9 Å². The summed E-state index contributed by atoms with van der Waals surface area (Å²) < 4.78 is 1.95. The van der Waals surface area contributed by atoms with Crippen molar-refractivity contribution in [2.24, 2.45) is 0 Å². The number of thiophene rings is 1. The third-order valence-corrected chi connectivity index (χ3v) is 5.93. The number of rotatable bonds is 7. The smallest absolute Gasteiger partial charge is 0.261 e. The maximum atomic E-state index is 12.8. The summed E-state index contributed by atoms with van der Waals surface area (Å²) >= 11 is 3.31. The van der Waals surface area contributed by atoms with E-state index in [2.05, 4.69) is 35.6 Å². The van der Waals surface area contributed by atoms with Crippen LogP contribution in [0, 0.1) is 6.92 Å². The molecule has 25 heavy (non-hydrogen) atoms. The van der Waals surface area contributed by atoms with Gasteiger partial charge in [0.25, 0.3) is 5.91 Å². The minimum Gasteiger partial charge on any atom is -0.341 e. The summed E-state index contributed by atoms with van der Waals surface area (Å²) in [4.78, 5) is 14.7. The van der Waals surface area contributed by atoms with Crippen molar-refractivity contribution in [1.29, 1.82) is 0 Å². The van der Waals surface area contributed by atoms with Crippen LogP contribution in [0.4, 0.5) is 0 Å². The Morgan fingerprint density at radius 3 is 2.96 bits per heavy atom. The molecule has 0 bridgehead atoms. The Balaban J connectivity index is 1.86. The summed E-state index contributed by atoms with van der Waals surface area (Å²) in [6.07, 6.45) is 5.76. The van der Waals surface area contributed by atoms with Crippen LogP contribution in [-0.2, 0) is 6.42 Å². The second-order valence-corrected chi connectivity index (χ2v) is 8.08. The first-order chi connectivity index (χ1) is 12.1. The van der Waals surface area contributed by atoms with Gasteiger partial charge in [0.05, 0.1) is 10.9 Å². The van der Waals surface area contributed by atoms with E-state index in [1.165, 1.54) is 10.4 Å². The van der Waals surface area contributed by atoms with E-state index in [4.69, 9.17) is 0 Å². The Kier molecular flexibility index (Phi) is 5.75. The molecular weight excluding hydrogens is 352 g/mol. The summed E-state index contributed by atoms with van der Waals surface area (Å²) in [6, 6.07) is 7.64. The van der Waals surface area contributed by atoms with Crippen molar-refractivity contribution in [3.8, 4) is 0 Å². The van der Waals surface area contributed by atoms with Crippen LogP contribution in [0.1, 0.15) is 45.3 Å². The molecule has 3 aromatic heterocycles. The van der Waals surface area contributed by atoms with Crippen molar-refractivity contribution in [2.45, 2.75) is 32.7 Å². The molecule has 7 heteroatoms. The fourth-order valence-corrected chi connectivity index (χ4v) is 4.30. The first-order valence-corrected chi connectivity index (χ1v) is 10.5. The SMILES string of the molecule is CCc1cc(C(=O)NC(CCSC)c2nnc3ccccn23)sc1C. The molecule has 0 saturated heterocycles. The van der Waals surface area contributed by atoms with E-state index in [0.717, 1.165) is 34.9 Å². The number of carbonyl (C=O) groups excluding carboxylic acids is 1. The minimum absolute atomic E-state index is 0.0356. The highest BCUT2D eigenvalue weighted by Gasteiger charge is 2.22. The van der Waals surface area contributed by atoms with Crippen LogP contribution in [0.2, 0.25) is 0 Å². The minimum atomic E-state index is -0.162. The molecule has 1 atom stereocenters. The molecule has 0 fully saturated rings. The zero-order valence-corrected chi connectivity index (χ0v) is 16.3. The normalized spacial score (nSPS) is 12.4. The number of nitrogens with one attached hydrogen (secondary N) is 1. The van der Waals surface area contributed by atoms with Gasteiger partial charge in [0.1, 0.15) is 0 Å². The number of fused-ring (bicyclic) bond motifs is 1. The molecule has 5 nitrogen and oxygen atoms in total. The summed E-state index contributed by atoms with van der Waals surface area (Å²) in [6.45, 7) is 4.18. The molecule has 1 N–H and O–H groups in total. The second-order valence-electron chi connectivity index (χ2n) is 5.84. The van der Waals surface area contributed by atoms with Gasteiger partial charge in [-0.3, -0.25) is 9.20 Å². The first kappa shape index (κ1) is 17.9. The van der Waals surface area contributed by atoms with E-state index < -0.39 is 0 Å². The Morgan fingerprint density at radius 1 is 1.40 bits per heavy atom. The maximum absolute atomic E-state index is 12.8. The third-order valence-electron chi connectivity index (χ3n) is 4.19. The van der Waals surface area contributed by atoms with Gasteiger partial charge in [-0.15, -0.1) is 21.5 Å². The quantitative estimate of drug-likeness (QED) is 0.682. The monoisotopic (exact) mass is 374 g/mol. The van der Waals surface area contributed by atoms with E-state index in [1.807, 2.05) is 34.9 Å². The van der Waals surface area contributed by atoms with Crippen molar-refractivity contribution in [3.05, 3.63) is 51.6 Å². The lowest BCUT2D eigenvalue weighted by Crippen LogP contribution is -2.30.